The zero-order valence-electron chi connectivity index (χ0n) is 35.5. The number of amides is 1. The molecule has 0 radical (unpaired) electrons. The molecule has 0 heterocycles. The van der Waals surface area contributed by atoms with Gasteiger partial charge in [-0.15, -0.1) is 0 Å². The highest BCUT2D eigenvalue weighted by Crippen LogP contribution is 2.15. The standard InChI is InChI=1S/C50H87NO3/c1-3-5-7-9-10-11-12-13-14-15-16-17-18-19-20-21-22-23-24-25-26-27-28-29-30-31-32-33-34-35-36-37-38-39-40-42-44-46-50(54)51-48(47-52)49(53)45-43-41-8-6-4-2/h5,7,10-11,13-14,16-17,19-20,22-23,43,45,48-49,52-53H,3-4,6,8-9,12,15,18,21,24-42,44,46-47H2,1-2H3,(H,51,54)/b7-5-,11-10-,14-13-,17-16-,20-19-,23-22-,45-43+. The molecule has 310 valence electrons. The maximum Gasteiger partial charge on any atom is 0.220 e. The van der Waals surface area contributed by atoms with Crippen molar-refractivity contribution in [2.45, 2.75) is 219 Å². The van der Waals surface area contributed by atoms with Gasteiger partial charge in [0.05, 0.1) is 18.8 Å². The van der Waals surface area contributed by atoms with Crippen LogP contribution < -0.4 is 5.32 Å². The molecule has 3 N–H and O–H groups in total. The second-order valence-electron chi connectivity index (χ2n) is 15.1. The van der Waals surface area contributed by atoms with Crippen LogP contribution >= 0.6 is 0 Å². The van der Waals surface area contributed by atoms with Crippen molar-refractivity contribution in [2.75, 3.05) is 6.61 Å². The fourth-order valence-corrected chi connectivity index (χ4v) is 6.42. The fourth-order valence-electron chi connectivity index (χ4n) is 6.42. The fraction of sp³-hybridized carbons (Fsp3) is 0.700. The molecule has 54 heavy (non-hydrogen) atoms. The second-order valence-corrected chi connectivity index (χ2v) is 15.1. The van der Waals surface area contributed by atoms with Gasteiger partial charge in [-0.05, 0) is 70.6 Å². The van der Waals surface area contributed by atoms with Crippen LogP contribution in [0.1, 0.15) is 206 Å². The molecule has 0 saturated heterocycles. The summed E-state index contributed by atoms with van der Waals surface area (Å²) >= 11 is 0. The van der Waals surface area contributed by atoms with E-state index in [0.29, 0.717) is 6.42 Å². The largest absolute Gasteiger partial charge is 0.394 e. The maximum absolute atomic E-state index is 12.3. The van der Waals surface area contributed by atoms with Gasteiger partial charge in [0, 0.05) is 6.42 Å². The third kappa shape index (κ3) is 40.7. The SMILES string of the molecule is CC/C=C\C/C=C\C/C=C\C/C=C\C/C=C\C/C=C\CCCCCCCCCCCCCCCCCCCCC(=O)NC(CO)C(O)/C=C/CCCCC. The molecule has 4 heteroatoms. The number of hydrogen-bond acceptors (Lipinski definition) is 3. The van der Waals surface area contributed by atoms with Crippen LogP contribution in [0.5, 0.6) is 0 Å². The van der Waals surface area contributed by atoms with Gasteiger partial charge in [-0.2, -0.15) is 0 Å². The van der Waals surface area contributed by atoms with Crippen molar-refractivity contribution in [1.82, 2.24) is 5.32 Å². The molecule has 2 unspecified atom stereocenters. The van der Waals surface area contributed by atoms with E-state index in [2.05, 4.69) is 92.1 Å². The number of aliphatic hydroxyl groups is 2. The molecule has 0 aromatic rings. The molecule has 0 aliphatic heterocycles. The quantitative estimate of drug-likeness (QED) is 0.0431. The molecule has 0 aromatic heterocycles. The minimum atomic E-state index is -0.836. The molecule has 2 atom stereocenters. The molecular formula is C50H87NO3. The number of unbranched alkanes of at least 4 members (excludes halogenated alkanes) is 21. The third-order valence-corrected chi connectivity index (χ3v) is 9.88. The Labute approximate surface area is 335 Å². The summed E-state index contributed by atoms with van der Waals surface area (Å²) in [6, 6.07) is -0.620. The summed E-state index contributed by atoms with van der Waals surface area (Å²) in [6.45, 7) is 4.08. The normalized spacial score (nSPS) is 13.8. The van der Waals surface area contributed by atoms with E-state index in [9.17, 15) is 15.0 Å². The van der Waals surface area contributed by atoms with Crippen LogP contribution in [0.3, 0.4) is 0 Å². The topological polar surface area (TPSA) is 69.6 Å². The minimum Gasteiger partial charge on any atom is -0.394 e. The summed E-state index contributed by atoms with van der Waals surface area (Å²) in [5.41, 5.74) is 0. The van der Waals surface area contributed by atoms with Crippen LogP contribution in [-0.4, -0.2) is 34.9 Å². The van der Waals surface area contributed by atoms with Gasteiger partial charge in [0.1, 0.15) is 0 Å². The van der Waals surface area contributed by atoms with Crippen LogP contribution in [0.15, 0.2) is 85.1 Å². The second kappa shape index (κ2) is 45.0. The van der Waals surface area contributed by atoms with E-state index in [4.69, 9.17) is 0 Å². The molecule has 0 bridgehead atoms. The Bertz CT molecular complexity index is 988. The zero-order valence-corrected chi connectivity index (χ0v) is 35.5. The van der Waals surface area contributed by atoms with E-state index in [1.165, 1.54) is 122 Å². The lowest BCUT2D eigenvalue weighted by molar-refractivity contribution is -0.123. The zero-order chi connectivity index (χ0) is 39.3. The van der Waals surface area contributed by atoms with Crippen LogP contribution in [0.25, 0.3) is 0 Å². The highest BCUT2D eigenvalue weighted by molar-refractivity contribution is 5.76. The van der Waals surface area contributed by atoms with Gasteiger partial charge in [0.15, 0.2) is 0 Å². The predicted molar refractivity (Wildman–Crippen MR) is 239 cm³/mol. The van der Waals surface area contributed by atoms with Crippen molar-refractivity contribution < 1.29 is 15.0 Å². The first kappa shape index (κ1) is 51.6. The van der Waals surface area contributed by atoms with Crippen LogP contribution in [-0.2, 0) is 4.79 Å². The molecule has 4 nitrogen and oxygen atoms in total. The van der Waals surface area contributed by atoms with Crippen LogP contribution in [0, 0.1) is 0 Å². The Morgan fingerprint density at radius 3 is 1.22 bits per heavy atom. The smallest absolute Gasteiger partial charge is 0.220 e. The Morgan fingerprint density at radius 2 is 0.815 bits per heavy atom. The lowest BCUT2D eigenvalue weighted by atomic mass is 10.0. The van der Waals surface area contributed by atoms with E-state index in [1.54, 1.807) is 6.08 Å². The van der Waals surface area contributed by atoms with Crippen LogP contribution in [0.2, 0.25) is 0 Å². The summed E-state index contributed by atoms with van der Waals surface area (Å²) < 4.78 is 0. The van der Waals surface area contributed by atoms with Crippen molar-refractivity contribution >= 4 is 5.91 Å². The number of hydrogen-bond donors (Lipinski definition) is 3. The molecule has 0 aromatic carbocycles. The molecule has 0 aliphatic carbocycles. The molecule has 0 fully saturated rings. The van der Waals surface area contributed by atoms with Gasteiger partial charge in [-0.1, -0.05) is 214 Å². The number of allylic oxidation sites excluding steroid dienone is 13. The van der Waals surface area contributed by atoms with Gasteiger partial charge < -0.3 is 15.5 Å². The highest BCUT2D eigenvalue weighted by Gasteiger charge is 2.17. The number of carbonyl (C=O) groups is 1. The van der Waals surface area contributed by atoms with Crippen molar-refractivity contribution in [3.63, 3.8) is 0 Å². The molecule has 0 rings (SSSR count). The Hall–Kier alpha value is -2.43. The monoisotopic (exact) mass is 750 g/mol. The molecule has 0 spiro atoms. The number of aliphatic hydroxyl groups excluding tert-OH is 2. The van der Waals surface area contributed by atoms with Crippen molar-refractivity contribution in [3.8, 4) is 0 Å². The van der Waals surface area contributed by atoms with Gasteiger partial charge in [-0.25, -0.2) is 0 Å². The maximum atomic E-state index is 12.3. The van der Waals surface area contributed by atoms with Crippen molar-refractivity contribution in [2.24, 2.45) is 0 Å². The summed E-state index contributed by atoms with van der Waals surface area (Å²) in [5.74, 6) is -0.0732. The summed E-state index contributed by atoms with van der Waals surface area (Å²) in [7, 11) is 0. The van der Waals surface area contributed by atoms with Gasteiger partial charge in [0.2, 0.25) is 5.91 Å². The van der Waals surface area contributed by atoms with Gasteiger partial charge >= 0.3 is 0 Å². The number of carbonyl (C=O) groups excluding carboxylic acids is 1. The Kier molecular flexibility index (Phi) is 42.9. The summed E-state index contributed by atoms with van der Waals surface area (Å²) in [4.78, 5) is 12.3. The predicted octanol–water partition coefficient (Wildman–Crippen LogP) is 14.5. The average molecular weight is 750 g/mol. The number of rotatable bonds is 40. The molecule has 1 amide bonds. The first-order valence-electron chi connectivity index (χ1n) is 22.8. The average Bonchev–Trinajstić information content (AvgIpc) is 3.18. The minimum absolute atomic E-state index is 0.0732. The Balaban J connectivity index is 3.42. The van der Waals surface area contributed by atoms with E-state index >= 15 is 0 Å². The molecule has 0 aliphatic rings. The number of nitrogens with one attached hydrogen (secondary N) is 1. The van der Waals surface area contributed by atoms with E-state index in [0.717, 1.165) is 64.2 Å². The first-order valence-corrected chi connectivity index (χ1v) is 22.8. The third-order valence-electron chi connectivity index (χ3n) is 9.88. The Morgan fingerprint density at radius 1 is 0.463 bits per heavy atom. The van der Waals surface area contributed by atoms with Crippen molar-refractivity contribution in [3.05, 3.63) is 85.1 Å². The highest BCUT2D eigenvalue weighted by atomic mass is 16.3. The van der Waals surface area contributed by atoms with Crippen LogP contribution in [0.4, 0.5) is 0 Å². The lowest BCUT2D eigenvalue weighted by Gasteiger charge is -2.20. The van der Waals surface area contributed by atoms with Gasteiger partial charge in [-0.3, -0.25) is 4.79 Å². The first-order chi connectivity index (χ1) is 26.7. The summed E-state index contributed by atoms with van der Waals surface area (Å²) in [5, 5.41) is 22.6. The lowest BCUT2D eigenvalue weighted by Crippen LogP contribution is -2.45. The van der Waals surface area contributed by atoms with Gasteiger partial charge in [0.25, 0.3) is 0 Å². The van der Waals surface area contributed by atoms with E-state index < -0.39 is 12.1 Å². The molecule has 0 saturated carbocycles. The summed E-state index contributed by atoms with van der Waals surface area (Å²) in [6.07, 6.45) is 66.1. The molecular weight excluding hydrogens is 663 g/mol. The van der Waals surface area contributed by atoms with Crippen molar-refractivity contribution in [1.29, 1.82) is 0 Å². The van der Waals surface area contributed by atoms with E-state index in [-0.39, 0.29) is 12.5 Å². The van der Waals surface area contributed by atoms with E-state index in [1.807, 2.05) is 6.08 Å².